The second-order valence-electron chi connectivity index (χ2n) is 3.90. The molecule has 0 radical (unpaired) electrons. The fraction of sp³-hybridized carbons (Fsp3) is 0.417. The van der Waals surface area contributed by atoms with Gasteiger partial charge in [0.2, 0.25) is 0 Å². The van der Waals surface area contributed by atoms with Crippen molar-refractivity contribution in [2.45, 2.75) is 0 Å². The zero-order chi connectivity index (χ0) is 11.4. The van der Waals surface area contributed by atoms with Gasteiger partial charge < -0.3 is 20.9 Å². The molecule has 16 heavy (non-hydrogen) atoms. The first kappa shape index (κ1) is 11.0. The van der Waals surface area contributed by atoms with Gasteiger partial charge in [-0.2, -0.15) is 0 Å². The lowest BCUT2D eigenvalue weighted by molar-refractivity contribution is 0.589. The van der Waals surface area contributed by atoms with E-state index in [0.29, 0.717) is 0 Å². The maximum absolute atomic E-state index is 7.40. The van der Waals surface area contributed by atoms with E-state index in [2.05, 4.69) is 27.7 Å². The fourth-order valence-corrected chi connectivity index (χ4v) is 2.02. The van der Waals surface area contributed by atoms with Crippen molar-refractivity contribution in [3.05, 3.63) is 23.8 Å². The molecule has 0 bridgehead atoms. The zero-order valence-corrected chi connectivity index (χ0v) is 9.59. The van der Waals surface area contributed by atoms with Crippen molar-refractivity contribution in [2.75, 3.05) is 43.4 Å². The van der Waals surface area contributed by atoms with E-state index in [4.69, 9.17) is 5.41 Å². The minimum Gasteiger partial charge on any atom is -0.388 e. The summed E-state index contributed by atoms with van der Waals surface area (Å²) < 4.78 is 0. The zero-order valence-electron chi connectivity index (χ0n) is 9.59. The van der Waals surface area contributed by atoms with Gasteiger partial charge in [0.15, 0.2) is 0 Å². The molecule has 86 valence electrons. The lowest BCUT2D eigenvalue weighted by Crippen LogP contribution is -2.43. The van der Waals surface area contributed by atoms with Crippen LogP contribution in [0.5, 0.6) is 0 Å². The minimum absolute atomic E-state index is 0.943. The number of rotatable bonds is 3. The van der Waals surface area contributed by atoms with Gasteiger partial charge in [0, 0.05) is 56.4 Å². The van der Waals surface area contributed by atoms with Crippen molar-refractivity contribution in [3.63, 3.8) is 0 Å². The number of anilines is 2. The molecule has 0 amide bonds. The van der Waals surface area contributed by atoms with Crippen molar-refractivity contribution in [3.8, 4) is 0 Å². The predicted molar refractivity (Wildman–Crippen MR) is 69.0 cm³/mol. The third kappa shape index (κ3) is 2.17. The van der Waals surface area contributed by atoms with Crippen LogP contribution in [-0.2, 0) is 0 Å². The van der Waals surface area contributed by atoms with E-state index < -0.39 is 0 Å². The van der Waals surface area contributed by atoms with E-state index >= 15 is 0 Å². The van der Waals surface area contributed by atoms with Crippen LogP contribution in [0.25, 0.3) is 0 Å². The molecular formula is C12H18N4. The molecule has 1 fully saturated rings. The summed E-state index contributed by atoms with van der Waals surface area (Å²) in [6.07, 6.45) is 1.40. The van der Waals surface area contributed by atoms with Crippen LogP contribution >= 0.6 is 0 Å². The Balaban J connectivity index is 2.24. The summed E-state index contributed by atoms with van der Waals surface area (Å²) in [6.45, 7) is 4.15. The summed E-state index contributed by atoms with van der Waals surface area (Å²) >= 11 is 0. The Bertz CT molecular complexity index is 369. The number of nitrogens with one attached hydrogen (secondary N) is 3. The average molecular weight is 218 g/mol. The summed E-state index contributed by atoms with van der Waals surface area (Å²) in [6, 6.07) is 6.23. The van der Waals surface area contributed by atoms with E-state index in [0.717, 1.165) is 37.4 Å². The lowest BCUT2D eigenvalue weighted by Gasteiger charge is -2.29. The van der Waals surface area contributed by atoms with Crippen molar-refractivity contribution < 1.29 is 0 Å². The Kier molecular flexibility index (Phi) is 3.41. The molecule has 1 aliphatic heterocycles. The molecular weight excluding hydrogens is 200 g/mol. The highest BCUT2D eigenvalue weighted by molar-refractivity contribution is 5.87. The van der Waals surface area contributed by atoms with Gasteiger partial charge in [-0.1, -0.05) is 0 Å². The van der Waals surface area contributed by atoms with Gasteiger partial charge >= 0.3 is 0 Å². The summed E-state index contributed by atoms with van der Waals surface area (Å²) in [5.41, 5.74) is 3.16. The first-order chi connectivity index (χ1) is 7.85. The average Bonchev–Trinajstić information content (AvgIpc) is 2.39. The van der Waals surface area contributed by atoms with E-state index in [1.165, 1.54) is 11.9 Å². The van der Waals surface area contributed by atoms with Gasteiger partial charge in [-0.15, -0.1) is 0 Å². The molecule has 1 aromatic carbocycles. The van der Waals surface area contributed by atoms with Crippen LogP contribution in [0.4, 0.5) is 11.4 Å². The first-order valence-electron chi connectivity index (χ1n) is 5.63. The molecule has 1 heterocycles. The van der Waals surface area contributed by atoms with Crippen LogP contribution in [0.3, 0.4) is 0 Å². The molecule has 4 nitrogen and oxygen atoms in total. The molecule has 1 aromatic rings. The Morgan fingerprint density at radius 1 is 1.38 bits per heavy atom. The number of piperazine rings is 1. The highest BCUT2D eigenvalue weighted by Gasteiger charge is 2.11. The third-order valence-electron chi connectivity index (χ3n) is 2.94. The van der Waals surface area contributed by atoms with Crippen LogP contribution < -0.4 is 15.5 Å². The van der Waals surface area contributed by atoms with Gasteiger partial charge in [-0.25, -0.2) is 0 Å². The first-order valence-corrected chi connectivity index (χ1v) is 5.63. The summed E-state index contributed by atoms with van der Waals surface area (Å²) in [4.78, 5) is 2.35. The Labute approximate surface area is 96.2 Å². The summed E-state index contributed by atoms with van der Waals surface area (Å²) in [5, 5.41) is 13.8. The molecule has 0 aliphatic carbocycles. The molecule has 3 N–H and O–H groups in total. The van der Waals surface area contributed by atoms with Crippen LogP contribution in [0.15, 0.2) is 18.2 Å². The van der Waals surface area contributed by atoms with Crippen molar-refractivity contribution >= 4 is 17.6 Å². The Hall–Kier alpha value is -1.55. The van der Waals surface area contributed by atoms with E-state index in [-0.39, 0.29) is 0 Å². The van der Waals surface area contributed by atoms with Crippen LogP contribution in [0.2, 0.25) is 0 Å². The maximum atomic E-state index is 7.40. The topological polar surface area (TPSA) is 51.1 Å². The fourth-order valence-electron chi connectivity index (χ4n) is 2.02. The van der Waals surface area contributed by atoms with Crippen LogP contribution in [0, 0.1) is 5.41 Å². The highest BCUT2D eigenvalue weighted by Crippen LogP contribution is 2.22. The smallest absolute Gasteiger partial charge is 0.0428 e. The second-order valence-corrected chi connectivity index (χ2v) is 3.90. The largest absolute Gasteiger partial charge is 0.388 e. The van der Waals surface area contributed by atoms with Crippen LogP contribution in [0.1, 0.15) is 5.56 Å². The highest BCUT2D eigenvalue weighted by atomic mass is 15.2. The van der Waals surface area contributed by atoms with E-state index in [9.17, 15) is 0 Å². The second kappa shape index (κ2) is 4.99. The van der Waals surface area contributed by atoms with Crippen molar-refractivity contribution in [2.24, 2.45) is 0 Å². The van der Waals surface area contributed by atoms with Gasteiger partial charge in [-0.3, -0.25) is 0 Å². The quantitative estimate of drug-likeness (QED) is 0.667. The van der Waals surface area contributed by atoms with E-state index in [1.807, 2.05) is 13.1 Å². The molecule has 0 spiro atoms. The van der Waals surface area contributed by atoms with Gasteiger partial charge in [0.25, 0.3) is 0 Å². The van der Waals surface area contributed by atoms with Crippen molar-refractivity contribution in [1.82, 2.24) is 5.32 Å². The number of nitrogens with zero attached hydrogens (tertiary/aromatic N) is 1. The standard InChI is InChI=1S/C12H18N4/c1-14-12-3-2-11(8-10(12)9-13)16-6-4-15-5-7-16/h2-3,8-9,13-15H,4-7H2,1H3. The number of hydrogen-bond donors (Lipinski definition) is 3. The third-order valence-corrected chi connectivity index (χ3v) is 2.94. The van der Waals surface area contributed by atoms with Gasteiger partial charge in [-0.05, 0) is 18.2 Å². The Morgan fingerprint density at radius 3 is 2.75 bits per heavy atom. The normalized spacial score (nSPS) is 15.9. The molecule has 0 saturated carbocycles. The monoisotopic (exact) mass is 218 g/mol. The maximum Gasteiger partial charge on any atom is 0.0428 e. The van der Waals surface area contributed by atoms with Crippen LogP contribution in [-0.4, -0.2) is 39.4 Å². The minimum atomic E-state index is 0.943. The summed E-state index contributed by atoms with van der Waals surface area (Å²) in [5.74, 6) is 0. The molecule has 2 rings (SSSR count). The lowest BCUT2D eigenvalue weighted by atomic mass is 10.1. The SMILES string of the molecule is CNc1ccc(N2CCNCC2)cc1C=N. The predicted octanol–water partition coefficient (Wildman–Crippen LogP) is 1.14. The molecule has 0 atom stereocenters. The molecule has 4 heteroatoms. The van der Waals surface area contributed by atoms with Gasteiger partial charge in [0.1, 0.15) is 0 Å². The Morgan fingerprint density at radius 2 is 2.12 bits per heavy atom. The number of benzene rings is 1. The molecule has 0 unspecified atom stereocenters. The molecule has 1 saturated heterocycles. The van der Waals surface area contributed by atoms with Gasteiger partial charge in [0.05, 0.1) is 0 Å². The summed E-state index contributed by atoms with van der Waals surface area (Å²) in [7, 11) is 1.88. The number of hydrogen-bond acceptors (Lipinski definition) is 4. The van der Waals surface area contributed by atoms with Crippen molar-refractivity contribution in [1.29, 1.82) is 5.41 Å². The van der Waals surface area contributed by atoms with E-state index in [1.54, 1.807) is 0 Å². The molecule has 1 aliphatic rings. The molecule has 0 aromatic heterocycles.